The molecule has 0 aliphatic heterocycles. The molecule has 0 aliphatic rings. The first-order chi connectivity index (χ1) is 8.36. The van der Waals surface area contributed by atoms with Crippen LogP contribution in [0.1, 0.15) is 17.3 Å². The van der Waals surface area contributed by atoms with E-state index in [1.807, 2.05) is 0 Å². The molecule has 1 atom stereocenters. The van der Waals surface area contributed by atoms with Gasteiger partial charge in [-0.25, -0.2) is 4.79 Å². The van der Waals surface area contributed by atoms with Crippen molar-refractivity contribution in [2.24, 2.45) is 5.73 Å². The highest BCUT2D eigenvalue weighted by molar-refractivity contribution is 9.10. The van der Waals surface area contributed by atoms with Crippen molar-refractivity contribution in [3.63, 3.8) is 0 Å². The van der Waals surface area contributed by atoms with Crippen LogP contribution in [0.3, 0.4) is 0 Å². The van der Waals surface area contributed by atoms with Gasteiger partial charge in [0.1, 0.15) is 0 Å². The van der Waals surface area contributed by atoms with Crippen LogP contribution in [-0.4, -0.2) is 30.2 Å². The van der Waals surface area contributed by atoms with E-state index in [9.17, 15) is 14.7 Å². The summed E-state index contributed by atoms with van der Waals surface area (Å²) in [6.45, 7) is 1.37. The van der Waals surface area contributed by atoms with Crippen LogP contribution in [-0.2, 0) is 9.53 Å². The molecule has 6 nitrogen and oxygen atoms in total. The second kappa shape index (κ2) is 5.72. The normalized spacial score (nSPS) is 11.7. The number of benzene rings is 1. The molecule has 1 amide bonds. The van der Waals surface area contributed by atoms with E-state index in [2.05, 4.69) is 15.9 Å². The van der Waals surface area contributed by atoms with Crippen LogP contribution in [0.25, 0.3) is 0 Å². The third-order valence-corrected chi connectivity index (χ3v) is 2.77. The number of amides is 1. The highest BCUT2D eigenvalue weighted by atomic mass is 79.9. The predicted molar refractivity (Wildman–Crippen MR) is 66.4 cm³/mol. The van der Waals surface area contributed by atoms with Gasteiger partial charge < -0.3 is 20.3 Å². The van der Waals surface area contributed by atoms with E-state index in [0.717, 1.165) is 0 Å². The lowest BCUT2D eigenvalue weighted by atomic mass is 10.2. The number of halogens is 1. The van der Waals surface area contributed by atoms with E-state index in [-0.39, 0.29) is 21.5 Å². The number of carbonyl (C=O) groups is 2. The molecule has 0 radical (unpaired) electrons. The summed E-state index contributed by atoms with van der Waals surface area (Å²) in [5, 5.41) is 9.58. The van der Waals surface area contributed by atoms with Crippen molar-refractivity contribution in [1.29, 1.82) is 0 Å². The van der Waals surface area contributed by atoms with Crippen LogP contribution in [0.2, 0.25) is 0 Å². The van der Waals surface area contributed by atoms with Gasteiger partial charge in [0.15, 0.2) is 17.6 Å². The quantitative estimate of drug-likeness (QED) is 0.813. The number of methoxy groups -OCH3 is 1. The Hall–Kier alpha value is -1.76. The Labute approximate surface area is 112 Å². The molecule has 1 aromatic rings. The maximum atomic E-state index is 11.7. The third-order valence-electron chi connectivity index (χ3n) is 2.17. The minimum absolute atomic E-state index is 0.114. The number of primary amides is 1. The first kappa shape index (κ1) is 14.3. The van der Waals surface area contributed by atoms with E-state index in [0.29, 0.717) is 0 Å². The predicted octanol–water partition coefficient (Wildman–Crippen LogP) is 1.19. The average Bonchev–Trinajstić information content (AvgIpc) is 2.32. The number of hydrogen-bond acceptors (Lipinski definition) is 5. The van der Waals surface area contributed by atoms with E-state index in [4.69, 9.17) is 15.2 Å². The zero-order valence-corrected chi connectivity index (χ0v) is 11.4. The fraction of sp³-hybridized carbons (Fsp3) is 0.273. The standard InChI is InChI=1S/C11H12BrNO5/c1-5(10(13)15)18-11(16)6-3-7(12)9(14)8(4-6)17-2/h3-5,14H,1-2H3,(H2,13,15)/t5-/m0/s1. The van der Waals surface area contributed by atoms with Crippen LogP contribution in [0, 0.1) is 0 Å². The Kier molecular flexibility index (Phi) is 4.55. The van der Waals surface area contributed by atoms with Crippen molar-refractivity contribution < 1.29 is 24.2 Å². The second-order valence-corrected chi connectivity index (χ2v) is 4.31. The van der Waals surface area contributed by atoms with Gasteiger partial charge in [-0.2, -0.15) is 0 Å². The van der Waals surface area contributed by atoms with Crippen molar-refractivity contribution >= 4 is 27.8 Å². The number of hydrogen-bond donors (Lipinski definition) is 2. The smallest absolute Gasteiger partial charge is 0.339 e. The molecule has 0 heterocycles. The second-order valence-electron chi connectivity index (χ2n) is 3.46. The summed E-state index contributed by atoms with van der Waals surface area (Å²) in [5.41, 5.74) is 5.11. The van der Waals surface area contributed by atoms with Crippen molar-refractivity contribution in [3.8, 4) is 11.5 Å². The maximum Gasteiger partial charge on any atom is 0.339 e. The van der Waals surface area contributed by atoms with Crippen LogP contribution in [0.15, 0.2) is 16.6 Å². The fourth-order valence-electron chi connectivity index (χ4n) is 1.13. The van der Waals surface area contributed by atoms with Gasteiger partial charge in [-0.05, 0) is 35.0 Å². The molecule has 1 aromatic carbocycles. The molecule has 0 unspecified atom stereocenters. The zero-order chi connectivity index (χ0) is 13.9. The average molecular weight is 318 g/mol. The highest BCUT2D eigenvalue weighted by Crippen LogP contribution is 2.35. The molecule has 7 heteroatoms. The molecule has 3 N–H and O–H groups in total. The summed E-state index contributed by atoms with van der Waals surface area (Å²) >= 11 is 3.07. The van der Waals surface area contributed by atoms with Crippen LogP contribution in [0.5, 0.6) is 11.5 Å². The summed E-state index contributed by atoms with van der Waals surface area (Å²) in [7, 11) is 1.35. The van der Waals surface area contributed by atoms with Gasteiger partial charge in [-0.1, -0.05) is 0 Å². The topological polar surface area (TPSA) is 98.9 Å². The molecular formula is C11H12BrNO5. The minimum atomic E-state index is -1.03. The Morgan fingerprint density at radius 3 is 2.56 bits per heavy atom. The molecule has 1 rings (SSSR count). The Bertz CT molecular complexity index is 489. The van der Waals surface area contributed by atoms with E-state index in [1.165, 1.54) is 26.2 Å². The Morgan fingerprint density at radius 1 is 1.44 bits per heavy atom. The number of phenolic OH excluding ortho intramolecular Hbond substituents is 1. The Morgan fingerprint density at radius 2 is 2.06 bits per heavy atom. The van der Waals surface area contributed by atoms with Gasteiger partial charge in [-0.3, -0.25) is 4.79 Å². The lowest BCUT2D eigenvalue weighted by Crippen LogP contribution is -2.30. The van der Waals surface area contributed by atoms with Gasteiger partial charge in [-0.15, -0.1) is 0 Å². The fourth-order valence-corrected chi connectivity index (χ4v) is 1.58. The monoisotopic (exact) mass is 317 g/mol. The summed E-state index contributed by atoms with van der Waals surface area (Å²) in [5.74, 6) is -1.49. The number of aromatic hydroxyl groups is 1. The van der Waals surface area contributed by atoms with Crippen molar-refractivity contribution in [3.05, 3.63) is 22.2 Å². The van der Waals surface area contributed by atoms with Gasteiger partial charge in [0.25, 0.3) is 5.91 Å². The van der Waals surface area contributed by atoms with Gasteiger partial charge in [0, 0.05) is 0 Å². The molecule has 0 saturated heterocycles. The van der Waals surface area contributed by atoms with Gasteiger partial charge in [0.2, 0.25) is 0 Å². The van der Waals surface area contributed by atoms with Crippen molar-refractivity contribution in [1.82, 2.24) is 0 Å². The van der Waals surface area contributed by atoms with Crippen LogP contribution < -0.4 is 10.5 Å². The van der Waals surface area contributed by atoms with E-state index in [1.54, 1.807) is 0 Å². The summed E-state index contributed by atoms with van der Waals surface area (Å²) in [4.78, 5) is 22.5. The molecule has 0 fully saturated rings. The number of ether oxygens (including phenoxy) is 2. The van der Waals surface area contributed by atoms with E-state index >= 15 is 0 Å². The van der Waals surface area contributed by atoms with Crippen molar-refractivity contribution in [2.75, 3.05) is 7.11 Å². The number of esters is 1. The zero-order valence-electron chi connectivity index (χ0n) is 9.77. The lowest BCUT2D eigenvalue weighted by molar-refractivity contribution is -0.125. The Balaban J connectivity index is 3.00. The van der Waals surface area contributed by atoms with Gasteiger partial charge >= 0.3 is 5.97 Å². The van der Waals surface area contributed by atoms with Gasteiger partial charge in [0.05, 0.1) is 17.1 Å². The SMILES string of the molecule is COc1cc(C(=O)O[C@@H](C)C(N)=O)cc(Br)c1O. The first-order valence-corrected chi connectivity index (χ1v) is 5.73. The molecule has 0 spiro atoms. The summed E-state index contributed by atoms with van der Waals surface area (Å²) in [6, 6.07) is 2.66. The summed E-state index contributed by atoms with van der Waals surface area (Å²) < 4.78 is 9.99. The molecule has 18 heavy (non-hydrogen) atoms. The maximum absolute atomic E-state index is 11.7. The number of phenols is 1. The van der Waals surface area contributed by atoms with E-state index < -0.39 is 18.0 Å². The molecule has 0 saturated carbocycles. The third kappa shape index (κ3) is 3.13. The lowest BCUT2D eigenvalue weighted by Gasteiger charge is -2.11. The largest absolute Gasteiger partial charge is 0.503 e. The molecule has 0 aliphatic carbocycles. The van der Waals surface area contributed by atoms with Crippen LogP contribution in [0.4, 0.5) is 0 Å². The molecule has 98 valence electrons. The highest BCUT2D eigenvalue weighted by Gasteiger charge is 2.19. The molecule has 0 aromatic heterocycles. The first-order valence-electron chi connectivity index (χ1n) is 4.93. The minimum Gasteiger partial charge on any atom is -0.503 e. The number of carbonyl (C=O) groups excluding carboxylic acids is 2. The number of rotatable bonds is 4. The molecular weight excluding hydrogens is 306 g/mol. The van der Waals surface area contributed by atoms with Crippen LogP contribution >= 0.6 is 15.9 Å². The van der Waals surface area contributed by atoms with Crippen molar-refractivity contribution in [2.45, 2.75) is 13.0 Å². The number of nitrogens with two attached hydrogens (primary N) is 1. The molecule has 0 bridgehead atoms. The summed E-state index contributed by atoms with van der Waals surface area (Å²) in [6.07, 6.45) is -1.03.